The Balaban J connectivity index is 1.60. The number of sulfone groups is 1. The van der Waals surface area contributed by atoms with E-state index in [4.69, 9.17) is 0 Å². The quantitative estimate of drug-likeness (QED) is 0.689. The molecule has 0 unspecified atom stereocenters. The molecule has 4 nitrogen and oxygen atoms in total. The highest BCUT2D eigenvalue weighted by Gasteiger charge is 2.22. The first-order chi connectivity index (χ1) is 12.7. The van der Waals surface area contributed by atoms with Gasteiger partial charge < -0.3 is 10.3 Å². The molecule has 1 aromatic heterocycles. The molecular weight excluding hydrogens is 344 g/mol. The zero-order chi connectivity index (χ0) is 18.0. The molecule has 0 bridgehead atoms. The first-order valence-corrected chi connectivity index (χ1v) is 10.8. The van der Waals surface area contributed by atoms with E-state index >= 15 is 0 Å². The van der Waals surface area contributed by atoms with Crippen molar-refractivity contribution in [3.8, 4) is 0 Å². The number of aromatic amines is 1. The number of nitrogens with one attached hydrogen (secondary N) is 2. The molecule has 1 saturated carbocycles. The fraction of sp³-hybridized carbons (Fsp3) is 0.333. The number of aromatic nitrogens is 1. The van der Waals surface area contributed by atoms with Crippen molar-refractivity contribution in [3.05, 3.63) is 60.3 Å². The van der Waals surface area contributed by atoms with Gasteiger partial charge in [0.1, 0.15) is 0 Å². The predicted octanol–water partition coefficient (Wildman–Crippen LogP) is 4.08. The largest absolute Gasteiger partial charge is 0.360 e. The summed E-state index contributed by atoms with van der Waals surface area (Å²) in [6.45, 7) is 0.920. The normalized spacial score (nSPS) is 15.7. The van der Waals surface area contributed by atoms with Crippen LogP contribution in [-0.2, 0) is 16.3 Å². The van der Waals surface area contributed by atoms with Gasteiger partial charge >= 0.3 is 0 Å². The molecular formula is C21H24N2O2S. The van der Waals surface area contributed by atoms with Crippen LogP contribution in [0.4, 0.5) is 0 Å². The van der Waals surface area contributed by atoms with Crippen LogP contribution >= 0.6 is 0 Å². The van der Waals surface area contributed by atoms with E-state index in [-0.39, 0.29) is 0 Å². The van der Waals surface area contributed by atoms with Gasteiger partial charge in [0.2, 0.25) is 9.84 Å². The van der Waals surface area contributed by atoms with Crippen molar-refractivity contribution >= 4 is 20.7 Å². The number of H-pyrrole nitrogens is 1. The number of para-hydroxylation sites is 1. The maximum absolute atomic E-state index is 13.0. The summed E-state index contributed by atoms with van der Waals surface area (Å²) in [5.41, 5.74) is 2.08. The van der Waals surface area contributed by atoms with Gasteiger partial charge in [-0.05, 0) is 43.5 Å². The number of rotatable bonds is 6. The second kappa shape index (κ2) is 7.25. The molecule has 1 heterocycles. The molecule has 1 aliphatic rings. The molecule has 0 spiro atoms. The summed E-state index contributed by atoms with van der Waals surface area (Å²) in [7, 11) is -3.52. The monoisotopic (exact) mass is 368 g/mol. The SMILES string of the molecule is O=S(=O)(c1ccccc1)c1c[nH]c2c(CCNC3CCCC3)cccc12. The molecule has 0 radical (unpaired) electrons. The van der Waals surface area contributed by atoms with Crippen molar-refractivity contribution in [2.24, 2.45) is 0 Å². The van der Waals surface area contributed by atoms with E-state index in [9.17, 15) is 8.42 Å². The van der Waals surface area contributed by atoms with Crippen LogP contribution in [-0.4, -0.2) is 26.0 Å². The van der Waals surface area contributed by atoms with Gasteiger partial charge in [0.15, 0.2) is 0 Å². The topological polar surface area (TPSA) is 62.0 Å². The summed E-state index contributed by atoms with van der Waals surface area (Å²) in [6, 6.07) is 15.2. The molecule has 0 saturated heterocycles. The van der Waals surface area contributed by atoms with Gasteiger partial charge in [-0.3, -0.25) is 0 Å². The second-order valence-electron chi connectivity index (χ2n) is 6.99. The molecule has 136 valence electrons. The highest BCUT2D eigenvalue weighted by atomic mass is 32.2. The van der Waals surface area contributed by atoms with Gasteiger partial charge in [-0.15, -0.1) is 0 Å². The van der Waals surface area contributed by atoms with Crippen LogP contribution < -0.4 is 5.32 Å². The second-order valence-corrected chi connectivity index (χ2v) is 8.91. The van der Waals surface area contributed by atoms with Crippen LogP contribution in [0.25, 0.3) is 10.9 Å². The molecule has 26 heavy (non-hydrogen) atoms. The molecule has 2 aromatic carbocycles. The molecule has 1 aliphatic carbocycles. The van der Waals surface area contributed by atoms with E-state index in [0.717, 1.165) is 29.4 Å². The summed E-state index contributed by atoms with van der Waals surface area (Å²) in [6.07, 6.45) is 7.70. The zero-order valence-electron chi connectivity index (χ0n) is 14.7. The summed E-state index contributed by atoms with van der Waals surface area (Å²) in [5, 5.41) is 4.40. The first kappa shape index (κ1) is 17.3. The van der Waals surface area contributed by atoms with Crippen molar-refractivity contribution in [2.45, 2.75) is 47.9 Å². The Bertz CT molecular complexity index is 987. The van der Waals surface area contributed by atoms with Crippen molar-refractivity contribution in [1.29, 1.82) is 0 Å². The van der Waals surface area contributed by atoms with Gasteiger partial charge in [0, 0.05) is 17.6 Å². The first-order valence-electron chi connectivity index (χ1n) is 9.29. The van der Waals surface area contributed by atoms with Gasteiger partial charge in [-0.2, -0.15) is 0 Å². The third kappa shape index (κ3) is 3.29. The van der Waals surface area contributed by atoms with E-state index < -0.39 is 9.84 Å². The van der Waals surface area contributed by atoms with Crippen molar-refractivity contribution in [1.82, 2.24) is 10.3 Å². The highest BCUT2D eigenvalue weighted by Crippen LogP contribution is 2.30. The summed E-state index contributed by atoms with van der Waals surface area (Å²) in [4.78, 5) is 3.88. The van der Waals surface area contributed by atoms with Gasteiger partial charge in [-0.1, -0.05) is 49.2 Å². The molecule has 0 atom stereocenters. The van der Waals surface area contributed by atoms with Crippen LogP contribution in [0.2, 0.25) is 0 Å². The fourth-order valence-corrected chi connectivity index (χ4v) is 5.33. The molecule has 2 N–H and O–H groups in total. The number of hydrogen-bond acceptors (Lipinski definition) is 3. The lowest BCUT2D eigenvalue weighted by molar-refractivity contribution is 0.528. The fourth-order valence-electron chi connectivity index (χ4n) is 3.89. The smallest absolute Gasteiger partial charge is 0.208 e. The van der Waals surface area contributed by atoms with E-state index in [2.05, 4.69) is 16.4 Å². The minimum absolute atomic E-state index is 0.328. The number of fused-ring (bicyclic) bond motifs is 1. The third-order valence-electron chi connectivity index (χ3n) is 5.29. The van der Waals surface area contributed by atoms with E-state index in [1.165, 1.54) is 25.7 Å². The molecule has 4 rings (SSSR count). The van der Waals surface area contributed by atoms with Crippen molar-refractivity contribution in [2.75, 3.05) is 6.54 Å². The molecule has 0 amide bonds. The molecule has 0 aliphatic heterocycles. The Morgan fingerprint density at radius 3 is 2.54 bits per heavy atom. The molecule has 1 fully saturated rings. The average molecular weight is 369 g/mol. The minimum Gasteiger partial charge on any atom is -0.360 e. The maximum atomic E-state index is 13.0. The average Bonchev–Trinajstić information content (AvgIpc) is 3.32. The lowest BCUT2D eigenvalue weighted by atomic mass is 10.1. The van der Waals surface area contributed by atoms with Crippen molar-refractivity contribution < 1.29 is 8.42 Å². The number of benzene rings is 2. The van der Waals surface area contributed by atoms with Crippen LogP contribution in [0.3, 0.4) is 0 Å². The van der Waals surface area contributed by atoms with Crippen molar-refractivity contribution in [3.63, 3.8) is 0 Å². The lowest BCUT2D eigenvalue weighted by Gasteiger charge is -2.12. The van der Waals surface area contributed by atoms with Crippen LogP contribution in [0, 0.1) is 0 Å². The van der Waals surface area contributed by atoms with Crippen LogP contribution in [0.1, 0.15) is 31.2 Å². The molecule has 5 heteroatoms. The minimum atomic E-state index is -3.52. The standard InChI is InChI=1S/C21H24N2O2S/c24-26(25,18-10-2-1-3-11-18)20-15-23-21-16(7-6-12-19(20)21)13-14-22-17-8-4-5-9-17/h1-3,6-7,10-12,15,17,22-23H,4-5,8-9,13-14H2. The Hall–Kier alpha value is -2.11. The summed E-state index contributed by atoms with van der Waals surface area (Å²) >= 11 is 0. The Kier molecular flexibility index (Phi) is 4.83. The Labute approximate surface area is 154 Å². The third-order valence-corrected chi connectivity index (χ3v) is 7.10. The van der Waals surface area contributed by atoms with E-state index in [0.29, 0.717) is 15.8 Å². The maximum Gasteiger partial charge on any atom is 0.208 e. The van der Waals surface area contributed by atoms with Gasteiger partial charge in [0.25, 0.3) is 0 Å². The van der Waals surface area contributed by atoms with Crippen LogP contribution in [0.5, 0.6) is 0 Å². The predicted molar refractivity (Wildman–Crippen MR) is 104 cm³/mol. The summed E-state index contributed by atoms with van der Waals surface area (Å²) in [5.74, 6) is 0. The zero-order valence-corrected chi connectivity index (χ0v) is 15.6. The summed E-state index contributed by atoms with van der Waals surface area (Å²) < 4.78 is 26.0. The van der Waals surface area contributed by atoms with E-state index in [1.807, 2.05) is 18.2 Å². The Morgan fingerprint density at radius 2 is 1.77 bits per heavy atom. The van der Waals surface area contributed by atoms with Gasteiger partial charge in [-0.25, -0.2) is 8.42 Å². The lowest BCUT2D eigenvalue weighted by Crippen LogP contribution is -2.28. The van der Waals surface area contributed by atoms with Crippen LogP contribution in [0.15, 0.2) is 64.5 Å². The molecule has 3 aromatic rings. The van der Waals surface area contributed by atoms with Gasteiger partial charge in [0.05, 0.1) is 15.3 Å². The Morgan fingerprint density at radius 1 is 1.00 bits per heavy atom. The van der Waals surface area contributed by atoms with E-state index in [1.54, 1.807) is 30.5 Å². The highest BCUT2D eigenvalue weighted by molar-refractivity contribution is 7.91. The number of hydrogen-bond donors (Lipinski definition) is 2.